The molecule has 1 heterocycles. The molecule has 2 rings (SSSR count). The Labute approximate surface area is 102 Å². The molecule has 18 heavy (non-hydrogen) atoms. The molecule has 0 saturated carbocycles. The van der Waals surface area contributed by atoms with Crippen LogP contribution in [0.4, 0.5) is 10.1 Å². The number of hydrogen-bond acceptors (Lipinski definition) is 3. The highest BCUT2D eigenvalue weighted by atomic mass is 19.1. The minimum absolute atomic E-state index is 0.125. The van der Waals surface area contributed by atoms with E-state index in [9.17, 15) is 4.39 Å². The zero-order chi connectivity index (χ0) is 13.0. The van der Waals surface area contributed by atoms with E-state index in [1.54, 1.807) is 24.0 Å². The Kier molecular flexibility index (Phi) is 3.45. The van der Waals surface area contributed by atoms with Crippen molar-refractivity contribution in [3.8, 4) is 5.75 Å². The molecule has 0 atom stereocenters. The highest BCUT2D eigenvalue weighted by Gasteiger charge is 2.05. The van der Waals surface area contributed by atoms with Crippen molar-refractivity contribution in [1.82, 2.24) is 9.78 Å². The average molecular weight is 247 g/mol. The summed E-state index contributed by atoms with van der Waals surface area (Å²) in [6, 6.07) is 5.60. The van der Waals surface area contributed by atoms with Gasteiger partial charge in [0.1, 0.15) is 18.2 Å². The number of nitrogens with zero attached hydrogens (tertiary/aromatic N) is 5. The van der Waals surface area contributed by atoms with Crippen LogP contribution in [0.2, 0.25) is 0 Å². The van der Waals surface area contributed by atoms with Gasteiger partial charge in [0.05, 0.1) is 11.4 Å². The smallest absolute Gasteiger partial charge is 0.130 e. The summed E-state index contributed by atoms with van der Waals surface area (Å²) in [7, 11) is 1.79. The molecule has 0 aliphatic carbocycles. The van der Waals surface area contributed by atoms with Gasteiger partial charge in [-0.2, -0.15) is 5.10 Å². The summed E-state index contributed by atoms with van der Waals surface area (Å²) in [5, 5.41) is 7.38. The van der Waals surface area contributed by atoms with Gasteiger partial charge in [-0.25, -0.2) is 4.39 Å². The summed E-state index contributed by atoms with van der Waals surface area (Å²) in [6.45, 7) is 0.260. The summed E-state index contributed by atoms with van der Waals surface area (Å²) < 4.78 is 20.1. The first kappa shape index (κ1) is 11.9. The molecular formula is C11H10FN5O. The Hall–Kier alpha value is -2.53. The predicted octanol–water partition coefficient (Wildman–Crippen LogP) is 3.08. The standard InChI is InChI=1S/C11H10FN5O/c1-17-9(4-5-14-17)7-18-11-3-2-8(12)6-10(11)15-16-13/h2-6H,7H2,1H3. The number of rotatable bonds is 4. The topological polar surface area (TPSA) is 75.8 Å². The SMILES string of the molecule is Cn1nccc1COc1ccc(F)cc1N=[N+]=[N-]. The lowest BCUT2D eigenvalue weighted by Crippen LogP contribution is -2.03. The van der Waals surface area contributed by atoms with Crippen LogP contribution in [-0.4, -0.2) is 9.78 Å². The number of azide groups is 1. The maximum atomic E-state index is 13.0. The third-order valence-corrected chi connectivity index (χ3v) is 2.37. The fourth-order valence-corrected chi connectivity index (χ4v) is 1.43. The Morgan fingerprint density at radius 3 is 3.00 bits per heavy atom. The lowest BCUT2D eigenvalue weighted by atomic mass is 10.3. The van der Waals surface area contributed by atoms with Crippen LogP contribution in [0.1, 0.15) is 5.69 Å². The Morgan fingerprint density at radius 1 is 1.50 bits per heavy atom. The molecule has 7 heteroatoms. The minimum Gasteiger partial charge on any atom is -0.487 e. The second-order valence-electron chi connectivity index (χ2n) is 3.54. The first-order valence-electron chi connectivity index (χ1n) is 5.15. The Morgan fingerprint density at radius 2 is 2.33 bits per heavy atom. The van der Waals surface area contributed by atoms with Crippen molar-refractivity contribution in [3.63, 3.8) is 0 Å². The van der Waals surface area contributed by atoms with Crippen molar-refractivity contribution in [3.05, 3.63) is 52.4 Å². The second-order valence-corrected chi connectivity index (χ2v) is 3.54. The number of aromatic nitrogens is 2. The highest BCUT2D eigenvalue weighted by Crippen LogP contribution is 2.29. The van der Waals surface area contributed by atoms with Gasteiger partial charge in [-0.1, -0.05) is 5.11 Å². The van der Waals surface area contributed by atoms with Crippen molar-refractivity contribution in [2.24, 2.45) is 12.2 Å². The molecule has 0 aliphatic heterocycles. The maximum Gasteiger partial charge on any atom is 0.130 e. The molecule has 1 aromatic carbocycles. The molecule has 1 aromatic heterocycles. The van der Waals surface area contributed by atoms with Gasteiger partial charge in [-0.05, 0) is 29.8 Å². The van der Waals surface area contributed by atoms with Crippen molar-refractivity contribution in [1.29, 1.82) is 0 Å². The van der Waals surface area contributed by atoms with Crippen molar-refractivity contribution < 1.29 is 9.13 Å². The first-order valence-corrected chi connectivity index (χ1v) is 5.15. The molecule has 0 bridgehead atoms. The molecule has 0 unspecified atom stereocenters. The fourth-order valence-electron chi connectivity index (χ4n) is 1.43. The summed E-state index contributed by atoms with van der Waals surface area (Å²) in [6.07, 6.45) is 1.65. The third-order valence-electron chi connectivity index (χ3n) is 2.37. The van der Waals surface area contributed by atoms with Crippen LogP contribution >= 0.6 is 0 Å². The van der Waals surface area contributed by atoms with E-state index in [1.807, 2.05) is 0 Å². The van der Waals surface area contributed by atoms with Gasteiger partial charge in [0.2, 0.25) is 0 Å². The minimum atomic E-state index is -0.481. The predicted molar refractivity (Wildman–Crippen MR) is 62.7 cm³/mol. The van der Waals surface area contributed by atoms with Crippen LogP contribution < -0.4 is 4.74 Å². The van der Waals surface area contributed by atoms with E-state index in [0.717, 1.165) is 11.8 Å². The van der Waals surface area contributed by atoms with E-state index in [2.05, 4.69) is 15.1 Å². The summed E-state index contributed by atoms with van der Waals surface area (Å²) in [5.41, 5.74) is 9.38. The monoisotopic (exact) mass is 247 g/mol. The number of halogens is 1. The molecule has 2 aromatic rings. The maximum absolute atomic E-state index is 13.0. The number of aryl methyl sites for hydroxylation is 1. The number of benzene rings is 1. The van der Waals surface area contributed by atoms with E-state index in [4.69, 9.17) is 10.3 Å². The van der Waals surface area contributed by atoms with Crippen LogP contribution in [0.25, 0.3) is 10.4 Å². The highest BCUT2D eigenvalue weighted by molar-refractivity contribution is 5.51. The van der Waals surface area contributed by atoms with E-state index in [1.165, 1.54) is 12.1 Å². The van der Waals surface area contributed by atoms with E-state index in [0.29, 0.717) is 5.75 Å². The van der Waals surface area contributed by atoms with Crippen molar-refractivity contribution in [2.75, 3.05) is 0 Å². The van der Waals surface area contributed by atoms with Gasteiger partial charge in [0, 0.05) is 18.2 Å². The average Bonchev–Trinajstić information content (AvgIpc) is 2.74. The summed E-state index contributed by atoms with van der Waals surface area (Å²) in [4.78, 5) is 2.63. The fraction of sp³-hybridized carbons (Fsp3) is 0.182. The molecular weight excluding hydrogens is 237 g/mol. The summed E-state index contributed by atoms with van der Waals surface area (Å²) in [5.74, 6) is -0.152. The molecule has 0 saturated heterocycles. The molecule has 0 radical (unpaired) electrons. The third kappa shape index (κ3) is 2.58. The molecule has 0 amide bonds. The largest absolute Gasteiger partial charge is 0.487 e. The van der Waals surface area contributed by atoms with Gasteiger partial charge in [0.15, 0.2) is 0 Å². The lowest BCUT2D eigenvalue weighted by Gasteiger charge is -2.08. The zero-order valence-corrected chi connectivity index (χ0v) is 9.62. The van der Waals surface area contributed by atoms with Crippen LogP contribution in [0.3, 0.4) is 0 Å². The van der Waals surface area contributed by atoms with Gasteiger partial charge in [-0.3, -0.25) is 4.68 Å². The van der Waals surface area contributed by atoms with Gasteiger partial charge < -0.3 is 4.74 Å². The Bertz CT molecular complexity index is 603. The van der Waals surface area contributed by atoms with Gasteiger partial charge >= 0.3 is 0 Å². The molecule has 0 N–H and O–H groups in total. The summed E-state index contributed by atoms with van der Waals surface area (Å²) >= 11 is 0. The molecule has 0 aliphatic rings. The van der Waals surface area contributed by atoms with Crippen LogP contribution in [-0.2, 0) is 13.7 Å². The normalized spacial score (nSPS) is 9.89. The van der Waals surface area contributed by atoms with Gasteiger partial charge in [-0.15, -0.1) is 0 Å². The van der Waals surface area contributed by atoms with Crippen LogP contribution in [0.5, 0.6) is 5.75 Å². The van der Waals surface area contributed by atoms with E-state index < -0.39 is 5.82 Å². The quantitative estimate of drug-likeness (QED) is 0.473. The van der Waals surface area contributed by atoms with E-state index >= 15 is 0 Å². The van der Waals surface area contributed by atoms with Crippen molar-refractivity contribution in [2.45, 2.75) is 6.61 Å². The number of ether oxygens (including phenoxy) is 1. The molecule has 0 fully saturated rings. The second kappa shape index (κ2) is 5.20. The van der Waals surface area contributed by atoms with Gasteiger partial charge in [0.25, 0.3) is 0 Å². The molecule has 92 valence electrons. The first-order chi connectivity index (χ1) is 8.70. The van der Waals surface area contributed by atoms with E-state index in [-0.39, 0.29) is 12.3 Å². The molecule has 0 spiro atoms. The van der Waals surface area contributed by atoms with Crippen LogP contribution in [0.15, 0.2) is 35.6 Å². The zero-order valence-electron chi connectivity index (χ0n) is 9.62. The number of hydrogen-bond donors (Lipinski definition) is 0. The lowest BCUT2D eigenvalue weighted by molar-refractivity contribution is 0.295. The van der Waals surface area contributed by atoms with Crippen molar-refractivity contribution >= 4 is 5.69 Å². The van der Waals surface area contributed by atoms with Crippen LogP contribution in [0, 0.1) is 5.82 Å². The molecule has 6 nitrogen and oxygen atoms in total. The Balaban J connectivity index is 2.19.